The topological polar surface area (TPSA) is 129 Å². The Morgan fingerprint density at radius 1 is 1.29 bits per heavy atom. The highest BCUT2D eigenvalue weighted by atomic mass is 16.3. The summed E-state index contributed by atoms with van der Waals surface area (Å²) in [5.74, 6) is 0.238. The van der Waals surface area contributed by atoms with Crippen molar-refractivity contribution >= 4 is 22.6 Å². The molecule has 31 heavy (non-hydrogen) atoms. The standard InChI is InChI=1S/C22H27N7O2/c1-5-14(2)28-18-9-19(25-13-17(18)21(30)24-7-6-22(3,4)31)29-20-16(12-27-29)8-15(10-23)11-26-20/h8-9,11-14,31H,5-7H2,1-4H3,(H,24,30)(H,25,28). The van der Waals surface area contributed by atoms with E-state index in [9.17, 15) is 9.90 Å². The van der Waals surface area contributed by atoms with Crippen molar-refractivity contribution in [3.05, 3.63) is 41.9 Å². The Morgan fingerprint density at radius 2 is 2.06 bits per heavy atom. The summed E-state index contributed by atoms with van der Waals surface area (Å²) in [6.07, 6.45) is 5.94. The molecule has 162 valence electrons. The van der Waals surface area contributed by atoms with Crippen molar-refractivity contribution < 1.29 is 9.90 Å². The first kappa shape index (κ1) is 22.2. The third-order valence-electron chi connectivity index (χ3n) is 4.92. The maximum Gasteiger partial charge on any atom is 0.254 e. The molecule has 0 aromatic carbocycles. The van der Waals surface area contributed by atoms with E-state index in [2.05, 4.69) is 38.7 Å². The summed E-state index contributed by atoms with van der Waals surface area (Å²) < 4.78 is 1.58. The molecule has 9 nitrogen and oxygen atoms in total. The van der Waals surface area contributed by atoms with Gasteiger partial charge in [0, 0.05) is 36.4 Å². The number of nitrogens with one attached hydrogen (secondary N) is 2. The van der Waals surface area contributed by atoms with Crippen LogP contribution in [0.25, 0.3) is 16.9 Å². The van der Waals surface area contributed by atoms with Crippen LogP contribution >= 0.6 is 0 Å². The van der Waals surface area contributed by atoms with Crippen molar-refractivity contribution in [2.24, 2.45) is 0 Å². The zero-order valence-electron chi connectivity index (χ0n) is 18.2. The van der Waals surface area contributed by atoms with Gasteiger partial charge in [-0.15, -0.1) is 0 Å². The van der Waals surface area contributed by atoms with Crippen LogP contribution in [0.4, 0.5) is 5.69 Å². The molecule has 3 rings (SSSR count). The second kappa shape index (κ2) is 9.10. The fourth-order valence-electron chi connectivity index (χ4n) is 2.96. The predicted octanol–water partition coefficient (Wildman–Crippen LogP) is 2.79. The lowest BCUT2D eigenvalue weighted by atomic mass is 10.1. The Bertz CT molecular complexity index is 1130. The number of nitrogens with zero attached hydrogens (tertiary/aromatic N) is 5. The number of pyridine rings is 2. The van der Waals surface area contributed by atoms with Gasteiger partial charge in [-0.1, -0.05) is 6.92 Å². The van der Waals surface area contributed by atoms with Crippen molar-refractivity contribution in [3.63, 3.8) is 0 Å². The fraction of sp³-hybridized carbons (Fsp3) is 0.409. The zero-order chi connectivity index (χ0) is 22.6. The molecule has 1 amide bonds. The Kier molecular flexibility index (Phi) is 6.51. The zero-order valence-corrected chi connectivity index (χ0v) is 18.2. The first-order chi connectivity index (χ1) is 14.7. The summed E-state index contributed by atoms with van der Waals surface area (Å²) in [4.78, 5) is 21.5. The second-order valence-electron chi connectivity index (χ2n) is 8.17. The minimum absolute atomic E-state index is 0.142. The monoisotopic (exact) mass is 421 g/mol. The third-order valence-corrected chi connectivity index (χ3v) is 4.92. The Labute approximate surface area is 181 Å². The summed E-state index contributed by atoms with van der Waals surface area (Å²) in [6, 6.07) is 5.69. The fourth-order valence-corrected chi connectivity index (χ4v) is 2.96. The summed E-state index contributed by atoms with van der Waals surface area (Å²) >= 11 is 0. The molecule has 0 saturated heterocycles. The van der Waals surface area contributed by atoms with E-state index >= 15 is 0 Å². The van der Waals surface area contributed by atoms with Crippen molar-refractivity contribution in [2.75, 3.05) is 11.9 Å². The van der Waals surface area contributed by atoms with Crippen LogP contribution in [0, 0.1) is 11.3 Å². The van der Waals surface area contributed by atoms with E-state index in [1.807, 2.05) is 6.92 Å². The summed E-state index contributed by atoms with van der Waals surface area (Å²) in [5, 5.41) is 30.2. The van der Waals surface area contributed by atoms with Crippen LogP contribution < -0.4 is 10.6 Å². The second-order valence-corrected chi connectivity index (χ2v) is 8.17. The summed E-state index contributed by atoms with van der Waals surface area (Å²) in [7, 11) is 0. The number of carbonyl (C=O) groups is 1. The van der Waals surface area contributed by atoms with E-state index in [0.29, 0.717) is 41.2 Å². The minimum Gasteiger partial charge on any atom is -0.390 e. The molecular weight excluding hydrogens is 394 g/mol. The lowest BCUT2D eigenvalue weighted by Gasteiger charge is -2.19. The Balaban J connectivity index is 1.94. The number of aliphatic hydroxyl groups is 1. The van der Waals surface area contributed by atoms with E-state index < -0.39 is 5.60 Å². The number of aromatic nitrogens is 4. The molecule has 0 aliphatic heterocycles. The molecule has 9 heteroatoms. The lowest BCUT2D eigenvalue weighted by molar-refractivity contribution is 0.0693. The van der Waals surface area contributed by atoms with Crippen LogP contribution in [0.5, 0.6) is 0 Å². The van der Waals surface area contributed by atoms with Gasteiger partial charge in [-0.05, 0) is 39.7 Å². The Hall–Kier alpha value is -3.51. The molecule has 0 fully saturated rings. The van der Waals surface area contributed by atoms with Crippen LogP contribution in [-0.4, -0.2) is 48.9 Å². The number of anilines is 1. The molecule has 1 atom stereocenters. The van der Waals surface area contributed by atoms with Gasteiger partial charge in [0.1, 0.15) is 6.07 Å². The van der Waals surface area contributed by atoms with Crippen LogP contribution in [0.1, 0.15) is 56.5 Å². The van der Waals surface area contributed by atoms with Gasteiger partial charge >= 0.3 is 0 Å². The van der Waals surface area contributed by atoms with Crippen LogP contribution in [0.15, 0.2) is 30.7 Å². The largest absolute Gasteiger partial charge is 0.390 e. The average molecular weight is 422 g/mol. The minimum atomic E-state index is -0.854. The molecule has 0 bridgehead atoms. The third kappa shape index (κ3) is 5.35. The van der Waals surface area contributed by atoms with E-state index in [1.54, 1.807) is 36.9 Å². The van der Waals surface area contributed by atoms with Crippen molar-refractivity contribution in [1.82, 2.24) is 25.1 Å². The number of rotatable bonds is 8. The highest BCUT2D eigenvalue weighted by Gasteiger charge is 2.18. The number of carbonyl (C=O) groups excluding carboxylic acids is 1. The molecule has 3 heterocycles. The normalized spacial score (nSPS) is 12.4. The van der Waals surface area contributed by atoms with Gasteiger partial charge in [-0.3, -0.25) is 4.79 Å². The number of hydrogen-bond acceptors (Lipinski definition) is 7. The highest BCUT2D eigenvalue weighted by Crippen LogP contribution is 2.22. The molecule has 0 saturated carbocycles. The first-order valence-corrected chi connectivity index (χ1v) is 10.2. The molecular formula is C22H27N7O2. The smallest absolute Gasteiger partial charge is 0.254 e. The maximum absolute atomic E-state index is 12.8. The molecule has 3 N–H and O–H groups in total. The van der Waals surface area contributed by atoms with Gasteiger partial charge in [0.15, 0.2) is 11.5 Å². The van der Waals surface area contributed by atoms with Crippen molar-refractivity contribution in [1.29, 1.82) is 5.26 Å². The van der Waals surface area contributed by atoms with Gasteiger partial charge in [0.2, 0.25) is 0 Å². The molecule has 0 aliphatic carbocycles. The van der Waals surface area contributed by atoms with Gasteiger partial charge < -0.3 is 15.7 Å². The van der Waals surface area contributed by atoms with Gasteiger partial charge in [0.05, 0.1) is 28.6 Å². The van der Waals surface area contributed by atoms with Gasteiger partial charge in [-0.2, -0.15) is 15.0 Å². The highest BCUT2D eigenvalue weighted by molar-refractivity contribution is 5.99. The van der Waals surface area contributed by atoms with Gasteiger partial charge in [-0.25, -0.2) is 9.97 Å². The summed E-state index contributed by atoms with van der Waals surface area (Å²) in [5.41, 5.74) is 1.22. The molecule has 0 spiro atoms. The maximum atomic E-state index is 12.8. The molecule has 0 aliphatic rings. The SMILES string of the molecule is CCC(C)Nc1cc(-n2ncc3cc(C#N)cnc32)ncc1C(=O)NCCC(C)(C)O. The van der Waals surface area contributed by atoms with Crippen LogP contribution in [0.2, 0.25) is 0 Å². The number of amides is 1. The molecule has 3 aromatic heterocycles. The Morgan fingerprint density at radius 3 is 2.74 bits per heavy atom. The number of fused-ring (bicyclic) bond motifs is 1. The molecule has 3 aromatic rings. The summed E-state index contributed by atoms with van der Waals surface area (Å²) in [6.45, 7) is 7.84. The molecule has 0 radical (unpaired) electrons. The van der Waals surface area contributed by atoms with Crippen LogP contribution in [0.3, 0.4) is 0 Å². The van der Waals surface area contributed by atoms with E-state index in [4.69, 9.17) is 5.26 Å². The van der Waals surface area contributed by atoms with E-state index in [0.717, 1.165) is 11.8 Å². The number of nitriles is 1. The van der Waals surface area contributed by atoms with Crippen molar-refractivity contribution in [2.45, 2.75) is 52.2 Å². The average Bonchev–Trinajstić information content (AvgIpc) is 3.15. The molecule has 1 unspecified atom stereocenters. The van der Waals surface area contributed by atoms with Crippen LogP contribution in [-0.2, 0) is 0 Å². The quantitative estimate of drug-likeness (QED) is 0.510. The first-order valence-electron chi connectivity index (χ1n) is 10.2. The van der Waals surface area contributed by atoms with Gasteiger partial charge in [0.25, 0.3) is 5.91 Å². The predicted molar refractivity (Wildman–Crippen MR) is 118 cm³/mol. The van der Waals surface area contributed by atoms with E-state index in [-0.39, 0.29) is 11.9 Å². The lowest BCUT2D eigenvalue weighted by Crippen LogP contribution is -2.31. The van der Waals surface area contributed by atoms with Crippen molar-refractivity contribution in [3.8, 4) is 11.9 Å². The number of hydrogen-bond donors (Lipinski definition) is 3. The van der Waals surface area contributed by atoms with E-state index in [1.165, 1.54) is 12.4 Å².